The molecule has 44 heavy (non-hydrogen) atoms. The number of nitrogens with two attached hydrogens (primary N) is 2. The Morgan fingerprint density at radius 2 is 1.84 bits per heavy atom. The molecule has 3 heterocycles. The Hall–Kier alpha value is -3.95. The zero-order valence-corrected chi connectivity index (χ0v) is 24.5. The SMILES string of the molecule is NCCC[C@H](N)C(=O)N1CCN(C(=O)c2ccc(NC(=O)c3ncc(Cc4c(C(F)(F)F)n[nH]c4C4CC4)[nH]3)cc2Cl)CC1. The Morgan fingerprint density at radius 1 is 1.14 bits per heavy atom. The first kappa shape index (κ1) is 31.5. The summed E-state index contributed by atoms with van der Waals surface area (Å²) in [5.41, 5.74) is 11.8. The molecular weight excluding hydrogens is 603 g/mol. The normalized spacial score (nSPS) is 16.2. The molecule has 0 unspecified atom stereocenters. The van der Waals surface area contributed by atoms with Crippen LogP contribution in [0.2, 0.25) is 5.02 Å². The van der Waals surface area contributed by atoms with Crippen molar-refractivity contribution >= 4 is 35.0 Å². The summed E-state index contributed by atoms with van der Waals surface area (Å²) in [5, 5.41) is 8.78. The van der Waals surface area contributed by atoms with E-state index in [0.717, 1.165) is 12.8 Å². The highest BCUT2D eigenvalue weighted by molar-refractivity contribution is 6.34. The fourth-order valence-electron chi connectivity index (χ4n) is 5.21. The van der Waals surface area contributed by atoms with Crippen LogP contribution < -0.4 is 16.8 Å². The maximum atomic E-state index is 13.5. The predicted molar refractivity (Wildman–Crippen MR) is 155 cm³/mol. The number of benzene rings is 1. The molecule has 16 heteroatoms. The summed E-state index contributed by atoms with van der Waals surface area (Å²) in [5.74, 6) is -1.20. The minimum atomic E-state index is -4.61. The summed E-state index contributed by atoms with van der Waals surface area (Å²) < 4.78 is 40.6. The van der Waals surface area contributed by atoms with Gasteiger partial charge in [0.05, 0.1) is 16.6 Å². The van der Waals surface area contributed by atoms with E-state index in [1.165, 1.54) is 24.4 Å². The minimum Gasteiger partial charge on any atom is -0.338 e. The van der Waals surface area contributed by atoms with E-state index >= 15 is 0 Å². The molecule has 5 rings (SSSR count). The Bertz CT molecular complexity index is 1530. The maximum Gasteiger partial charge on any atom is 0.435 e. The fourth-order valence-corrected chi connectivity index (χ4v) is 5.47. The molecule has 12 nitrogen and oxygen atoms in total. The molecule has 1 aromatic carbocycles. The Labute approximate surface area is 255 Å². The van der Waals surface area contributed by atoms with Gasteiger partial charge in [0.1, 0.15) is 0 Å². The molecule has 3 aromatic rings. The second-order valence-corrected chi connectivity index (χ2v) is 11.4. The average molecular weight is 636 g/mol. The molecular formula is C28H33ClF3N9O3. The summed E-state index contributed by atoms with van der Waals surface area (Å²) in [6, 6.07) is 3.81. The van der Waals surface area contributed by atoms with Crippen LogP contribution >= 0.6 is 11.6 Å². The number of rotatable bonds is 10. The predicted octanol–water partition coefficient (Wildman–Crippen LogP) is 2.88. The molecule has 2 fully saturated rings. The molecule has 236 valence electrons. The number of nitrogens with one attached hydrogen (secondary N) is 3. The summed E-state index contributed by atoms with van der Waals surface area (Å²) >= 11 is 6.41. The molecule has 7 N–H and O–H groups in total. The lowest BCUT2D eigenvalue weighted by Gasteiger charge is -2.36. The van der Waals surface area contributed by atoms with Crippen LogP contribution in [0.4, 0.5) is 18.9 Å². The number of anilines is 1. The first-order chi connectivity index (χ1) is 21.0. The lowest BCUT2D eigenvalue weighted by atomic mass is 10.0. The number of alkyl halides is 3. The van der Waals surface area contributed by atoms with E-state index in [9.17, 15) is 27.6 Å². The quantitative estimate of drug-likeness (QED) is 0.227. The summed E-state index contributed by atoms with van der Waals surface area (Å²) in [4.78, 5) is 48.6. The highest BCUT2D eigenvalue weighted by Crippen LogP contribution is 2.44. The van der Waals surface area contributed by atoms with Gasteiger partial charge in [0.15, 0.2) is 11.5 Å². The number of carbonyl (C=O) groups excluding carboxylic acids is 3. The van der Waals surface area contributed by atoms with Gasteiger partial charge in [-0.2, -0.15) is 18.3 Å². The van der Waals surface area contributed by atoms with E-state index in [0.29, 0.717) is 62.6 Å². The van der Waals surface area contributed by atoms with Crippen molar-refractivity contribution in [3.05, 3.63) is 63.5 Å². The highest BCUT2D eigenvalue weighted by Gasteiger charge is 2.40. The number of H-pyrrole nitrogens is 2. The molecule has 1 aliphatic carbocycles. The molecule has 2 aromatic heterocycles. The molecule has 1 atom stereocenters. The van der Waals surface area contributed by atoms with Crippen molar-refractivity contribution in [2.45, 2.75) is 50.2 Å². The number of nitrogens with zero attached hydrogens (tertiary/aromatic N) is 4. The molecule has 0 bridgehead atoms. The first-order valence-corrected chi connectivity index (χ1v) is 14.7. The van der Waals surface area contributed by atoms with Gasteiger partial charge in [-0.25, -0.2) is 4.98 Å². The van der Waals surface area contributed by atoms with Crippen molar-refractivity contribution in [1.82, 2.24) is 30.0 Å². The van der Waals surface area contributed by atoms with E-state index in [2.05, 4.69) is 25.5 Å². The molecule has 0 spiro atoms. The summed E-state index contributed by atoms with van der Waals surface area (Å²) in [6.07, 6.45) is -0.681. The second-order valence-electron chi connectivity index (χ2n) is 11.0. The Kier molecular flexibility index (Phi) is 9.27. The highest BCUT2D eigenvalue weighted by atomic mass is 35.5. The van der Waals surface area contributed by atoms with Gasteiger partial charge in [-0.15, -0.1) is 0 Å². The number of hydrogen-bond acceptors (Lipinski definition) is 7. The first-order valence-electron chi connectivity index (χ1n) is 14.3. The van der Waals surface area contributed by atoms with Crippen molar-refractivity contribution in [1.29, 1.82) is 0 Å². The summed E-state index contributed by atoms with van der Waals surface area (Å²) in [7, 11) is 0. The van der Waals surface area contributed by atoms with Crippen LogP contribution in [0.15, 0.2) is 24.4 Å². The minimum absolute atomic E-state index is 0.0168. The van der Waals surface area contributed by atoms with Crippen LogP contribution in [0.25, 0.3) is 0 Å². The number of hydrogen-bond donors (Lipinski definition) is 5. The second kappa shape index (κ2) is 13.0. The average Bonchev–Trinajstić information content (AvgIpc) is 3.57. The van der Waals surface area contributed by atoms with Gasteiger partial charge in [-0.05, 0) is 50.4 Å². The summed E-state index contributed by atoms with van der Waals surface area (Å²) in [6.45, 7) is 1.78. The lowest BCUT2D eigenvalue weighted by Crippen LogP contribution is -2.54. The number of carbonyl (C=O) groups is 3. The van der Waals surface area contributed by atoms with E-state index in [4.69, 9.17) is 23.1 Å². The van der Waals surface area contributed by atoms with Gasteiger partial charge in [0.2, 0.25) is 5.91 Å². The number of imidazole rings is 1. The number of aromatic amines is 2. The Morgan fingerprint density at radius 3 is 2.48 bits per heavy atom. The van der Waals surface area contributed by atoms with Crippen molar-refractivity contribution in [3.63, 3.8) is 0 Å². The van der Waals surface area contributed by atoms with Crippen LogP contribution in [-0.2, 0) is 17.4 Å². The van der Waals surface area contributed by atoms with Crippen LogP contribution in [0.3, 0.4) is 0 Å². The number of aromatic nitrogens is 4. The topological polar surface area (TPSA) is 179 Å². The van der Waals surface area contributed by atoms with E-state index in [1.807, 2.05) is 0 Å². The third kappa shape index (κ3) is 7.05. The molecule has 2 aliphatic rings. The third-order valence-corrected chi connectivity index (χ3v) is 8.05. The maximum absolute atomic E-state index is 13.5. The van der Waals surface area contributed by atoms with Crippen LogP contribution in [-0.4, -0.2) is 86.5 Å². The van der Waals surface area contributed by atoms with Gasteiger partial charge in [0, 0.05) is 67.4 Å². The molecule has 1 saturated carbocycles. The molecule has 3 amide bonds. The molecule has 0 radical (unpaired) electrons. The van der Waals surface area contributed by atoms with Gasteiger partial charge >= 0.3 is 6.18 Å². The van der Waals surface area contributed by atoms with Crippen LogP contribution in [0.1, 0.15) is 75.2 Å². The van der Waals surface area contributed by atoms with Gasteiger partial charge in [0.25, 0.3) is 11.8 Å². The molecule has 1 saturated heterocycles. The zero-order valence-electron chi connectivity index (χ0n) is 23.7. The van der Waals surface area contributed by atoms with Crippen molar-refractivity contribution in [2.24, 2.45) is 11.5 Å². The van der Waals surface area contributed by atoms with E-state index < -0.39 is 23.8 Å². The van der Waals surface area contributed by atoms with Gasteiger partial charge in [-0.1, -0.05) is 11.6 Å². The van der Waals surface area contributed by atoms with Crippen molar-refractivity contribution in [3.8, 4) is 0 Å². The van der Waals surface area contributed by atoms with E-state index in [1.54, 1.807) is 9.80 Å². The lowest BCUT2D eigenvalue weighted by molar-refractivity contribution is -0.141. The fraction of sp³-hybridized carbons (Fsp3) is 0.464. The largest absolute Gasteiger partial charge is 0.435 e. The zero-order chi connectivity index (χ0) is 31.6. The van der Waals surface area contributed by atoms with E-state index in [-0.39, 0.29) is 46.1 Å². The van der Waals surface area contributed by atoms with Gasteiger partial charge in [-0.3, -0.25) is 19.5 Å². The van der Waals surface area contributed by atoms with Crippen molar-refractivity contribution < 1.29 is 27.6 Å². The van der Waals surface area contributed by atoms with Crippen molar-refractivity contribution in [2.75, 3.05) is 38.0 Å². The molecule has 1 aliphatic heterocycles. The van der Waals surface area contributed by atoms with Crippen LogP contribution in [0, 0.1) is 0 Å². The third-order valence-electron chi connectivity index (χ3n) is 7.74. The number of amides is 3. The number of piperazine rings is 1. The van der Waals surface area contributed by atoms with Gasteiger partial charge < -0.3 is 31.6 Å². The van der Waals surface area contributed by atoms with Crippen LogP contribution in [0.5, 0.6) is 0 Å². The smallest absolute Gasteiger partial charge is 0.338 e. The number of halogens is 4. The monoisotopic (exact) mass is 635 g/mol. The Balaban J connectivity index is 1.18. The standard InChI is InChI=1S/C28H33ClF3N9O3/c29-20-13-16(5-6-18(20)26(43)40-8-10-41(11-9-40)27(44)21(34)2-1-7-33)37-25(42)24-35-14-17(36-24)12-19-22(15-3-4-15)38-39-23(19)28(30,31)32/h5-6,13-15,21H,1-4,7-12,33-34H2,(H,35,36)(H,37,42)(H,38,39)/t21-/m0/s1.